The van der Waals surface area contributed by atoms with Crippen molar-refractivity contribution in [2.75, 3.05) is 5.32 Å². The third kappa shape index (κ3) is 4.80. The molecule has 2 aliphatic rings. The minimum absolute atomic E-state index is 0.0308. The van der Waals surface area contributed by atoms with E-state index in [1.807, 2.05) is 13.8 Å². The Balaban J connectivity index is 1.33. The maximum Gasteiger partial charge on any atom is 0.390 e. The van der Waals surface area contributed by atoms with Crippen LogP contribution < -0.4 is 5.32 Å². The van der Waals surface area contributed by atoms with Gasteiger partial charge in [-0.05, 0) is 66.6 Å². The number of nitrogens with one attached hydrogen (secondary N) is 1. The molecule has 2 aliphatic carbocycles. The van der Waals surface area contributed by atoms with E-state index in [-0.39, 0.29) is 40.4 Å². The van der Waals surface area contributed by atoms with Crippen molar-refractivity contribution in [1.29, 1.82) is 0 Å². The van der Waals surface area contributed by atoms with Gasteiger partial charge in [-0.2, -0.15) is 4.68 Å². The molecular weight excluding hydrogens is 515 g/mol. The van der Waals surface area contributed by atoms with E-state index in [0.29, 0.717) is 42.2 Å². The number of halogens is 2. The van der Waals surface area contributed by atoms with Crippen LogP contribution in [-0.4, -0.2) is 35.3 Å². The number of carbonyl (C=O) groups excluding carboxylic acids is 1. The number of aliphatic hydroxyl groups is 1. The fourth-order valence-electron chi connectivity index (χ4n) is 6.24. The normalized spacial score (nSPS) is 24.7. The maximum atomic E-state index is 13.5. The highest BCUT2D eigenvalue weighted by Crippen LogP contribution is 2.57. The van der Waals surface area contributed by atoms with Crippen LogP contribution in [0.1, 0.15) is 67.3 Å². The van der Waals surface area contributed by atoms with Gasteiger partial charge < -0.3 is 25.1 Å². The second kappa shape index (κ2) is 9.77. The van der Waals surface area contributed by atoms with Crippen LogP contribution in [0.2, 0.25) is 5.02 Å². The van der Waals surface area contributed by atoms with Crippen molar-refractivity contribution >= 4 is 29.0 Å². The number of nitro groups is 1. The Labute approximate surface area is 224 Å². The van der Waals surface area contributed by atoms with Gasteiger partial charge in [0.05, 0.1) is 40.4 Å². The molecule has 2 aromatic heterocycles. The zero-order chi connectivity index (χ0) is 27.4. The first-order valence-corrected chi connectivity index (χ1v) is 13.1. The van der Waals surface area contributed by atoms with E-state index >= 15 is 0 Å². The van der Waals surface area contributed by atoms with Crippen molar-refractivity contribution in [3.63, 3.8) is 0 Å². The summed E-state index contributed by atoms with van der Waals surface area (Å²) in [5.74, 6) is -0.576. The van der Waals surface area contributed by atoms with Gasteiger partial charge in [0, 0.05) is 18.7 Å². The molecule has 0 radical (unpaired) electrons. The molecule has 1 aromatic carbocycles. The van der Waals surface area contributed by atoms with Crippen LogP contribution in [0.5, 0.6) is 0 Å². The average molecular weight is 545 g/mol. The number of imidazole rings is 1. The molecule has 3 aromatic rings. The minimum atomic E-state index is -1.19. The lowest BCUT2D eigenvalue weighted by Crippen LogP contribution is -2.28. The number of aryl methyl sites for hydroxylation is 1. The van der Waals surface area contributed by atoms with Crippen molar-refractivity contribution in [1.82, 2.24) is 19.3 Å². The van der Waals surface area contributed by atoms with Gasteiger partial charge in [-0.15, -0.1) is 0 Å². The molecule has 2 fully saturated rings. The Morgan fingerprint density at radius 2 is 2.00 bits per heavy atom. The van der Waals surface area contributed by atoms with Crippen LogP contribution in [-0.2, 0) is 19.2 Å². The zero-order valence-electron chi connectivity index (χ0n) is 21.4. The van der Waals surface area contributed by atoms with Gasteiger partial charge in [0.1, 0.15) is 17.1 Å². The number of amides is 1. The second-order valence-corrected chi connectivity index (χ2v) is 11.4. The fraction of sp³-hybridized carbons (Fsp3) is 0.500. The van der Waals surface area contributed by atoms with Gasteiger partial charge in [-0.25, -0.2) is 9.37 Å². The topological polar surface area (TPSA) is 128 Å². The van der Waals surface area contributed by atoms with E-state index < -0.39 is 16.3 Å². The molecule has 2 saturated carbocycles. The number of rotatable bonds is 7. The quantitative estimate of drug-likeness (QED) is 0.317. The number of benzene rings is 1. The fourth-order valence-corrected chi connectivity index (χ4v) is 6.42. The van der Waals surface area contributed by atoms with Gasteiger partial charge >= 0.3 is 5.82 Å². The Hall–Kier alpha value is -3.31. The number of nitrogens with zero attached hydrogens (tertiary/aromatic N) is 5. The van der Waals surface area contributed by atoms with Crippen molar-refractivity contribution < 1.29 is 19.2 Å². The first kappa shape index (κ1) is 26.3. The van der Waals surface area contributed by atoms with Crippen LogP contribution in [0.25, 0.3) is 0 Å². The third-order valence-electron chi connectivity index (χ3n) is 7.75. The predicted molar refractivity (Wildman–Crippen MR) is 138 cm³/mol. The Kier molecular flexibility index (Phi) is 6.77. The summed E-state index contributed by atoms with van der Waals surface area (Å²) in [5.41, 5.74) is 0.810. The van der Waals surface area contributed by atoms with Gasteiger partial charge in [0.15, 0.2) is 0 Å². The van der Waals surface area contributed by atoms with E-state index in [4.69, 9.17) is 11.6 Å². The molecule has 202 valence electrons. The summed E-state index contributed by atoms with van der Waals surface area (Å²) in [6, 6.07) is 5.41. The largest absolute Gasteiger partial charge is 0.390 e. The van der Waals surface area contributed by atoms with E-state index in [9.17, 15) is 24.4 Å². The molecular formula is C26H30ClFN6O4. The van der Waals surface area contributed by atoms with Gasteiger partial charge in [-0.3, -0.25) is 4.79 Å². The molecule has 10 nitrogen and oxygen atoms in total. The molecule has 0 saturated heterocycles. The van der Waals surface area contributed by atoms with Crippen molar-refractivity contribution in [2.45, 2.75) is 57.6 Å². The van der Waals surface area contributed by atoms with E-state index in [0.717, 1.165) is 12.8 Å². The number of fused-ring (bicyclic) bond motifs is 1. The summed E-state index contributed by atoms with van der Waals surface area (Å²) < 4.78 is 16.8. The van der Waals surface area contributed by atoms with Crippen LogP contribution >= 0.6 is 11.6 Å². The van der Waals surface area contributed by atoms with Gasteiger partial charge in [-0.1, -0.05) is 25.4 Å². The summed E-state index contributed by atoms with van der Waals surface area (Å²) in [5, 5.41) is 29.9. The molecule has 12 heteroatoms. The lowest BCUT2D eigenvalue weighted by Gasteiger charge is -2.24. The van der Waals surface area contributed by atoms with E-state index in [2.05, 4.69) is 15.4 Å². The van der Waals surface area contributed by atoms with Crippen molar-refractivity contribution in [3.8, 4) is 0 Å². The van der Waals surface area contributed by atoms with Crippen molar-refractivity contribution in [2.24, 2.45) is 24.8 Å². The molecule has 2 heterocycles. The first-order valence-electron chi connectivity index (χ1n) is 12.7. The standard InChI is InChI=1S/C26H30ClFN6O4/c1-14(2)12-33-21(9-22(31-33)34(37)38)26(36)10-16-6-15(7-17(16)11-26)23-24(32(3)13-29-23)25(35)30-18-4-5-20(28)19(27)8-18/h4-5,8-9,13-17,36H,6-7,10-12H2,1-3H3,(H,30,35). The van der Waals surface area contributed by atoms with E-state index in [1.54, 1.807) is 22.6 Å². The Morgan fingerprint density at radius 1 is 1.32 bits per heavy atom. The van der Waals surface area contributed by atoms with Crippen LogP contribution in [0.4, 0.5) is 15.9 Å². The highest BCUT2D eigenvalue weighted by Gasteiger charge is 2.52. The number of hydrogen-bond acceptors (Lipinski definition) is 6. The summed E-state index contributed by atoms with van der Waals surface area (Å²) in [7, 11) is 1.75. The summed E-state index contributed by atoms with van der Waals surface area (Å²) in [4.78, 5) is 28.6. The molecule has 38 heavy (non-hydrogen) atoms. The third-order valence-corrected chi connectivity index (χ3v) is 8.04. The molecule has 2 atom stereocenters. The number of anilines is 1. The number of hydrogen-bond donors (Lipinski definition) is 2. The smallest absolute Gasteiger partial charge is 0.383 e. The molecule has 0 aliphatic heterocycles. The highest BCUT2D eigenvalue weighted by molar-refractivity contribution is 6.31. The second-order valence-electron chi connectivity index (χ2n) is 11.0. The average Bonchev–Trinajstić information content (AvgIpc) is 3.57. The van der Waals surface area contributed by atoms with Crippen LogP contribution in [0.15, 0.2) is 30.6 Å². The summed E-state index contributed by atoms with van der Waals surface area (Å²) in [6.07, 6.45) is 4.03. The highest BCUT2D eigenvalue weighted by atomic mass is 35.5. The van der Waals surface area contributed by atoms with Crippen molar-refractivity contribution in [3.05, 3.63) is 68.6 Å². The SMILES string of the molecule is CC(C)Cn1nc([N+](=O)[O-])cc1C1(O)CC2CC(c3ncn(C)c3C(=O)Nc3ccc(F)c(Cl)c3)CC2C1. The van der Waals surface area contributed by atoms with Crippen LogP contribution in [0.3, 0.4) is 0 Å². The molecule has 5 rings (SSSR count). The first-order chi connectivity index (χ1) is 17.9. The minimum Gasteiger partial charge on any atom is -0.383 e. The number of aromatic nitrogens is 4. The predicted octanol–water partition coefficient (Wildman–Crippen LogP) is 5.02. The Bertz CT molecular complexity index is 1390. The van der Waals surface area contributed by atoms with Crippen LogP contribution in [0, 0.1) is 33.7 Å². The van der Waals surface area contributed by atoms with E-state index in [1.165, 1.54) is 24.3 Å². The molecule has 2 unspecified atom stereocenters. The lowest BCUT2D eigenvalue weighted by atomic mass is 9.90. The Morgan fingerprint density at radius 3 is 2.61 bits per heavy atom. The number of carbonyl (C=O) groups is 1. The maximum absolute atomic E-state index is 13.5. The molecule has 2 N–H and O–H groups in total. The molecule has 1 amide bonds. The zero-order valence-corrected chi connectivity index (χ0v) is 22.2. The summed E-state index contributed by atoms with van der Waals surface area (Å²) >= 11 is 5.86. The molecule has 0 bridgehead atoms. The monoisotopic (exact) mass is 544 g/mol. The lowest BCUT2D eigenvalue weighted by molar-refractivity contribution is -0.389. The van der Waals surface area contributed by atoms with Gasteiger partial charge in [0.25, 0.3) is 5.91 Å². The van der Waals surface area contributed by atoms with Gasteiger partial charge in [0.2, 0.25) is 0 Å². The molecule has 0 spiro atoms. The summed E-state index contributed by atoms with van der Waals surface area (Å²) in [6.45, 7) is 4.48.